The summed E-state index contributed by atoms with van der Waals surface area (Å²) in [5.74, 6) is 0.0407. The fourth-order valence-corrected chi connectivity index (χ4v) is 2.83. The minimum atomic E-state index is -0.0652. The van der Waals surface area contributed by atoms with Gasteiger partial charge in [0.25, 0.3) is 0 Å². The molecular weight excluding hydrogens is 220 g/mol. The molecule has 5 nitrogen and oxygen atoms in total. The Balaban J connectivity index is 1.90. The second-order valence-electron chi connectivity index (χ2n) is 4.97. The topological polar surface area (TPSA) is 64.8 Å². The van der Waals surface area contributed by atoms with Gasteiger partial charge in [0.2, 0.25) is 5.91 Å². The van der Waals surface area contributed by atoms with Crippen LogP contribution in [0.15, 0.2) is 0 Å². The molecule has 2 rings (SSSR count). The second kappa shape index (κ2) is 5.33. The number of carbonyl (C=O) groups is 1. The number of rotatable bonds is 2. The van der Waals surface area contributed by atoms with E-state index in [4.69, 9.17) is 15.2 Å². The van der Waals surface area contributed by atoms with Crippen LogP contribution in [0.3, 0.4) is 0 Å². The molecule has 2 heterocycles. The molecule has 0 saturated carbocycles. The number of amides is 1. The first-order valence-electron chi connectivity index (χ1n) is 6.34. The average molecular weight is 242 g/mol. The number of methoxy groups -OCH3 is 1. The van der Waals surface area contributed by atoms with E-state index in [1.807, 2.05) is 4.90 Å². The fraction of sp³-hybridized carbons (Fsp3) is 0.917. The predicted octanol–water partition coefficient (Wildman–Crippen LogP) is 0.132. The van der Waals surface area contributed by atoms with Crippen LogP contribution in [0.4, 0.5) is 0 Å². The Morgan fingerprint density at radius 1 is 1.53 bits per heavy atom. The zero-order valence-corrected chi connectivity index (χ0v) is 10.5. The van der Waals surface area contributed by atoms with Crippen molar-refractivity contribution < 1.29 is 14.3 Å². The van der Waals surface area contributed by atoms with Gasteiger partial charge in [-0.25, -0.2) is 0 Å². The van der Waals surface area contributed by atoms with Crippen LogP contribution in [-0.4, -0.2) is 55.9 Å². The van der Waals surface area contributed by atoms with E-state index in [1.54, 1.807) is 7.11 Å². The number of nitrogens with two attached hydrogens (primary N) is 1. The van der Waals surface area contributed by atoms with Crippen molar-refractivity contribution in [2.45, 2.75) is 37.4 Å². The molecule has 0 aromatic heterocycles. The molecule has 1 atom stereocenters. The van der Waals surface area contributed by atoms with Crippen molar-refractivity contribution >= 4 is 5.91 Å². The lowest BCUT2D eigenvalue weighted by Crippen LogP contribution is -2.52. The van der Waals surface area contributed by atoms with Crippen LogP contribution in [0.2, 0.25) is 0 Å². The molecule has 2 fully saturated rings. The van der Waals surface area contributed by atoms with Gasteiger partial charge < -0.3 is 20.1 Å². The van der Waals surface area contributed by atoms with Gasteiger partial charge >= 0.3 is 0 Å². The lowest BCUT2D eigenvalue weighted by Gasteiger charge is -2.45. The summed E-state index contributed by atoms with van der Waals surface area (Å²) in [4.78, 5) is 13.3. The molecule has 2 aliphatic rings. The fourth-order valence-electron chi connectivity index (χ4n) is 2.83. The van der Waals surface area contributed by atoms with Crippen LogP contribution in [0, 0.1) is 0 Å². The molecule has 5 heteroatoms. The van der Waals surface area contributed by atoms with Gasteiger partial charge in [-0.3, -0.25) is 4.79 Å². The molecule has 1 unspecified atom stereocenters. The number of nitrogens with zero attached hydrogens (tertiary/aromatic N) is 1. The van der Waals surface area contributed by atoms with E-state index in [0.717, 1.165) is 45.4 Å². The highest BCUT2D eigenvalue weighted by atomic mass is 16.5. The van der Waals surface area contributed by atoms with Crippen LogP contribution in [0.5, 0.6) is 0 Å². The van der Waals surface area contributed by atoms with Crippen LogP contribution < -0.4 is 5.73 Å². The van der Waals surface area contributed by atoms with Crippen LogP contribution >= 0.6 is 0 Å². The molecule has 2 aliphatic heterocycles. The maximum absolute atomic E-state index is 11.5. The molecule has 0 aromatic rings. The minimum absolute atomic E-state index is 0.0407. The van der Waals surface area contributed by atoms with Gasteiger partial charge in [-0.2, -0.15) is 0 Å². The first kappa shape index (κ1) is 12.8. The third-order valence-electron chi connectivity index (χ3n) is 3.98. The quantitative estimate of drug-likeness (QED) is 0.747. The zero-order chi connectivity index (χ0) is 12.3. The van der Waals surface area contributed by atoms with E-state index in [0.29, 0.717) is 6.10 Å². The van der Waals surface area contributed by atoms with Crippen LogP contribution in [0.25, 0.3) is 0 Å². The summed E-state index contributed by atoms with van der Waals surface area (Å²) >= 11 is 0. The van der Waals surface area contributed by atoms with Crippen molar-refractivity contribution in [2.24, 2.45) is 5.73 Å². The van der Waals surface area contributed by atoms with Gasteiger partial charge in [-0.05, 0) is 19.3 Å². The Morgan fingerprint density at radius 2 is 2.24 bits per heavy atom. The summed E-state index contributed by atoms with van der Waals surface area (Å²) in [6, 6.07) is 0. The minimum Gasteiger partial charge on any atom is -0.381 e. The second-order valence-corrected chi connectivity index (χ2v) is 4.97. The highest BCUT2D eigenvalue weighted by molar-refractivity contribution is 5.78. The average Bonchev–Trinajstić information content (AvgIpc) is 2.39. The van der Waals surface area contributed by atoms with Gasteiger partial charge in [-0.1, -0.05) is 0 Å². The molecule has 17 heavy (non-hydrogen) atoms. The molecule has 2 saturated heterocycles. The maximum Gasteiger partial charge on any atom is 0.236 e. The van der Waals surface area contributed by atoms with Gasteiger partial charge in [0.1, 0.15) is 0 Å². The highest BCUT2D eigenvalue weighted by Gasteiger charge is 2.41. The van der Waals surface area contributed by atoms with E-state index in [9.17, 15) is 4.79 Å². The van der Waals surface area contributed by atoms with E-state index in [-0.39, 0.29) is 18.1 Å². The molecule has 98 valence electrons. The van der Waals surface area contributed by atoms with Crippen molar-refractivity contribution in [3.63, 3.8) is 0 Å². The number of ether oxygens (including phenoxy) is 2. The first-order valence-corrected chi connectivity index (χ1v) is 6.34. The molecular formula is C12H22N2O3. The van der Waals surface area contributed by atoms with Crippen molar-refractivity contribution in [1.29, 1.82) is 0 Å². The van der Waals surface area contributed by atoms with Crippen LogP contribution in [0.1, 0.15) is 25.7 Å². The van der Waals surface area contributed by atoms with Crippen molar-refractivity contribution in [1.82, 2.24) is 4.90 Å². The van der Waals surface area contributed by atoms with E-state index >= 15 is 0 Å². The maximum atomic E-state index is 11.5. The van der Waals surface area contributed by atoms with Crippen LogP contribution in [-0.2, 0) is 14.3 Å². The number of hydrogen-bond donors (Lipinski definition) is 1. The van der Waals surface area contributed by atoms with E-state index in [2.05, 4.69) is 0 Å². The molecule has 2 N–H and O–H groups in total. The van der Waals surface area contributed by atoms with Gasteiger partial charge in [0.15, 0.2) is 0 Å². The molecule has 0 aromatic carbocycles. The smallest absolute Gasteiger partial charge is 0.236 e. The summed E-state index contributed by atoms with van der Waals surface area (Å²) < 4.78 is 11.4. The summed E-state index contributed by atoms with van der Waals surface area (Å²) in [7, 11) is 1.76. The Kier molecular flexibility index (Phi) is 4.01. The normalized spacial score (nSPS) is 28.4. The number of likely N-dealkylation sites (tertiary alicyclic amines) is 1. The molecule has 0 aliphatic carbocycles. The summed E-state index contributed by atoms with van der Waals surface area (Å²) in [5, 5.41) is 0. The molecule has 0 radical (unpaired) electrons. The van der Waals surface area contributed by atoms with Crippen molar-refractivity contribution in [3.8, 4) is 0 Å². The van der Waals surface area contributed by atoms with Crippen molar-refractivity contribution in [2.75, 3.05) is 33.4 Å². The standard InChI is InChI=1S/C12H22N2O3/c1-16-10-2-7-17-12(8-10)3-5-14(6-4-12)11(15)9-13/h10H,2-9,13H2,1H3. The number of piperidine rings is 1. The third kappa shape index (κ3) is 2.78. The monoisotopic (exact) mass is 242 g/mol. The Bertz CT molecular complexity index is 275. The lowest BCUT2D eigenvalue weighted by molar-refractivity contribution is -0.156. The third-order valence-corrected chi connectivity index (χ3v) is 3.98. The van der Waals surface area contributed by atoms with Gasteiger partial charge in [0.05, 0.1) is 18.2 Å². The lowest BCUT2D eigenvalue weighted by atomic mass is 9.83. The summed E-state index contributed by atoms with van der Waals surface area (Å²) in [6.07, 6.45) is 4.04. The predicted molar refractivity (Wildman–Crippen MR) is 63.6 cm³/mol. The number of carbonyl (C=O) groups excluding carboxylic acids is 1. The molecule has 1 spiro atoms. The van der Waals surface area contributed by atoms with Gasteiger partial charge in [0, 0.05) is 33.2 Å². The SMILES string of the molecule is COC1CCOC2(CCN(C(=O)CN)CC2)C1. The Hall–Kier alpha value is -0.650. The summed E-state index contributed by atoms with van der Waals surface area (Å²) in [5.41, 5.74) is 5.31. The number of hydrogen-bond acceptors (Lipinski definition) is 4. The zero-order valence-electron chi connectivity index (χ0n) is 10.5. The highest BCUT2D eigenvalue weighted by Crippen LogP contribution is 2.35. The Labute approximate surface area is 102 Å². The van der Waals surface area contributed by atoms with Crippen molar-refractivity contribution in [3.05, 3.63) is 0 Å². The molecule has 0 bridgehead atoms. The van der Waals surface area contributed by atoms with Gasteiger partial charge in [-0.15, -0.1) is 0 Å². The Morgan fingerprint density at radius 3 is 2.82 bits per heavy atom. The van der Waals surface area contributed by atoms with E-state index < -0.39 is 0 Å². The first-order chi connectivity index (χ1) is 8.19. The summed E-state index contributed by atoms with van der Waals surface area (Å²) in [6.45, 7) is 2.39. The molecule has 1 amide bonds. The largest absolute Gasteiger partial charge is 0.381 e. The van der Waals surface area contributed by atoms with E-state index in [1.165, 1.54) is 0 Å².